The van der Waals surface area contributed by atoms with E-state index in [0.717, 1.165) is 6.07 Å². The van der Waals surface area contributed by atoms with Gasteiger partial charge in [-0.1, -0.05) is 11.6 Å². The van der Waals surface area contributed by atoms with E-state index in [1.54, 1.807) is 12.1 Å². The van der Waals surface area contributed by atoms with Gasteiger partial charge < -0.3 is 4.90 Å². The Bertz CT molecular complexity index is 1150. The molecule has 1 aromatic carbocycles. The molecule has 0 saturated heterocycles. The number of benzene rings is 1. The number of fused-ring (bicyclic) bond motifs is 3. The summed E-state index contributed by atoms with van der Waals surface area (Å²) in [5.74, 6) is -0.375. The molecule has 0 atom stereocenters. The minimum atomic E-state index is -2.67. The number of hydrogen-bond donors (Lipinski definition) is 0. The predicted octanol–water partition coefficient (Wildman–Crippen LogP) is 4.63. The number of nitrogens with zero attached hydrogens (tertiary/aromatic N) is 6. The second kappa shape index (κ2) is 6.93. The summed E-state index contributed by atoms with van der Waals surface area (Å²) in [4.78, 5) is 9.60. The van der Waals surface area contributed by atoms with Crippen LogP contribution < -0.4 is 4.90 Å². The molecule has 0 amide bonds. The second-order valence-electron chi connectivity index (χ2n) is 5.56. The quantitative estimate of drug-likeness (QED) is 0.418. The zero-order valence-corrected chi connectivity index (χ0v) is 15.7. The highest BCUT2D eigenvalue weighted by Gasteiger charge is 2.22. The lowest BCUT2D eigenvalue weighted by atomic mass is 10.2. The van der Waals surface area contributed by atoms with Crippen LogP contribution in [0.4, 0.5) is 24.7 Å². The average Bonchev–Trinajstić information content (AvgIpc) is 3.06. The molecule has 3 aromatic heterocycles. The topological polar surface area (TPSA) is 59.2 Å². The Kier molecular flexibility index (Phi) is 4.60. The SMILES string of the molecule is Fc1cc(Cl)c2c(c1)c(N(CC(F)F)c1ccnc(Br)c1)nc1nncn12. The van der Waals surface area contributed by atoms with Crippen LogP contribution in [-0.2, 0) is 0 Å². The highest BCUT2D eigenvalue weighted by Crippen LogP contribution is 2.35. The Labute approximate surface area is 163 Å². The summed E-state index contributed by atoms with van der Waals surface area (Å²) in [5.41, 5.74) is 0.769. The van der Waals surface area contributed by atoms with Crippen LogP contribution in [-0.4, -0.2) is 37.5 Å². The lowest BCUT2D eigenvalue weighted by Gasteiger charge is -2.25. The van der Waals surface area contributed by atoms with Crippen LogP contribution in [0.5, 0.6) is 0 Å². The van der Waals surface area contributed by atoms with Crippen molar-refractivity contribution in [3.63, 3.8) is 0 Å². The fourth-order valence-electron chi connectivity index (χ4n) is 2.82. The molecule has 0 spiro atoms. The second-order valence-corrected chi connectivity index (χ2v) is 6.78. The van der Waals surface area contributed by atoms with E-state index in [1.165, 1.54) is 27.9 Å². The van der Waals surface area contributed by atoms with Gasteiger partial charge >= 0.3 is 0 Å². The molecule has 0 aliphatic heterocycles. The molecule has 0 radical (unpaired) electrons. The minimum absolute atomic E-state index is 0.0882. The van der Waals surface area contributed by atoms with Crippen molar-refractivity contribution < 1.29 is 13.2 Å². The van der Waals surface area contributed by atoms with Gasteiger partial charge in [0.2, 0.25) is 0 Å². The summed E-state index contributed by atoms with van der Waals surface area (Å²) in [6.07, 6.45) is 0.161. The van der Waals surface area contributed by atoms with Crippen LogP contribution in [0.15, 0.2) is 41.4 Å². The van der Waals surface area contributed by atoms with Gasteiger partial charge in [-0.05, 0) is 40.2 Å². The Hall–Kier alpha value is -2.46. The maximum absolute atomic E-state index is 14.1. The van der Waals surface area contributed by atoms with E-state index in [1.807, 2.05) is 0 Å². The van der Waals surface area contributed by atoms with Crippen molar-refractivity contribution in [3.8, 4) is 0 Å². The smallest absolute Gasteiger partial charge is 0.257 e. The van der Waals surface area contributed by atoms with Crippen LogP contribution in [0, 0.1) is 5.82 Å². The van der Waals surface area contributed by atoms with Crippen LogP contribution in [0.3, 0.4) is 0 Å². The van der Waals surface area contributed by atoms with Gasteiger partial charge in [0.05, 0.1) is 17.1 Å². The van der Waals surface area contributed by atoms with Crippen LogP contribution in [0.25, 0.3) is 16.7 Å². The predicted molar refractivity (Wildman–Crippen MR) is 98.2 cm³/mol. The third-order valence-electron chi connectivity index (χ3n) is 3.84. The summed E-state index contributed by atoms with van der Waals surface area (Å²) in [6, 6.07) is 5.44. The van der Waals surface area contributed by atoms with E-state index < -0.39 is 18.8 Å². The largest absolute Gasteiger partial charge is 0.320 e. The van der Waals surface area contributed by atoms with Gasteiger partial charge in [0.1, 0.15) is 22.6 Å². The Balaban J connectivity index is 2.06. The molecule has 0 aliphatic rings. The number of rotatable bonds is 4. The summed E-state index contributed by atoms with van der Waals surface area (Å²) in [6.45, 7) is -0.670. The molecule has 0 saturated carbocycles. The van der Waals surface area contributed by atoms with Crippen LogP contribution >= 0.6 is 27.5 Å². The number of anilines is 2. The highest BCUT2D eigenvalue weighted by molar-refractivity contribution is 9.10. The molecule has 4 aromatic rings. The normalized spacial score (nSPS) is 11.6. The van der Waals surface area contributed by atoms with E-state index in [-0.39, 0.29) is 22.0 Å². The van der Waals surface area contributed by atoms with Crippen LogP contribution in [0.1, 0.15) is 0 Å². The van der Waals surface area contributed by atoms with Crippen molar-refractivity contribution in [2.45, 2.75) is 6.43 Å². The first-order valence-electron chi connectivity index (χ1n) is 7.60. The van der Waals surface area contributed by atoms with Crippen molar-refractivity contribution in [1.82, 2.24) is 24.6 Å². The first kappa shape index (κ1) is 17.9. The molecule has 4 rings (SSSR count). The van der Waals surface area contributed by atoms with E-state index in [2.05, 4.69) is 36.1 Å². The zero-order valence-electron chi connectivity index (χ0n) is 13.3. The van der Waals surface area contributed by atoms with Gasteiger partial charge in [-0.15, -0.1) is 10.2 Å². The summed E-state index contributed by atoms with van der Waals surface area (Å²) < 4.78 is 42.7. The van der Waals surface area contributed by atoms with E-state index in [9.17, 15) is 13.2 Å². The molecule has 11 heteroatoms. The van der Waals surface area contributed by atoms with Crippen molar-refractivity contribution in [1.29, 1.82) is 0 Å². The Morgan fingerprint density at radius 2 is 2.07 bits per heavy atom. The molecule has 0 unspecified atom stereocenters. The molecule has 0 N–H and O–H groups in total. The first-order valence-corrected chi connectivity index (χ1v) is 8.77. The molecule has 0 aliphatic carbocycles. The summed E-state index contributed by atoms with van der Waals surface area (Å²) in [5, 5.41) is 8.00. The fraction of sp³-hybridized carbons (Fsp3) is 0.125. The van der Waals surface area contributed by atoms with Gasteiger partial charge in [0, 0.05) is 17.3 Å². The molecule has 0 bridgehead atoms. The standard InChI is InChI=1S/C16H9BrClF3N6/c17-12-5-9(1-2-22-12)26(6-13(20)21)15-10-3-8(19)4-11(18)14(10)27-7-23-25-16(27)24-15/h1-5,7,13H,6H2. The van der Waals surface area contributed by atoms with E-state index in [4.69, 9.17) is 11.6 Å². The maximum atomic E-state index is 14.1. The molecule has 3 heterocycles. The van der Waals surface area contributed by atoms with Crippen molar-refractivity contribution in [2.24, 2.45) is 0 Å². The maximum Gasteiger partial charge on any atom is 0.257 e. The lowest BCUT2D eigenvalue weighted by molar-refractivity contribution is 0.158. The van der Waals surface area contributed by atoms with Gasteiger partial charge in [0.15, 0.2) is 0 Å². The third-order valence-corrected chi connectivity index (χ3v) is 4.57. The first-order chi connectivity index (χ1) is 12.9. The fourth-order valence-corrected chi connectivity index (χ4v) is 3.47. The molecule has 138 valence electrons. The molecular weight excluding hydrogens is 449 g/mol. The lowest BCUT2D eigenvalue weighted by Crippen LogP contribution is -2.25. The van der Waals surface area contributed by atoms with Gasteiger partial charge in [0.25, 0.3) is 12.2 Å². The van der Waals surface area contributed by atoms with Crippen LogP contribution in [0.2, 0.25) is 5.02 Å². The summed E-state index contributed by atoms with van der Waals surface area (Å²) in [7, 11) is 0. The van der Waals surface area contributed by atoms with Gasteiger partial charge in [-0.2, -0.15) is 4.98 Å². The third kappa shape index (κ3) is 3.30. The average molecular weight is 458 g/mol. The van der Waals surface area contributed by atoms with Crippen molar-refractivity contribution in [3.05, 3.63) is 52.2 Å². The van der Waals surface area contributed by atoms with Crippen molar-refractivity contribution in [2.75, 3.05) is 11.4 Å². The Morgan fingerprint density at radius 1 is 1.26 bits per heavy atom. The molecule has 27 heavy (non-hydrogen) atoms. The monoisotopic (exact) mass is 456 g/mol. The number of aromatic nitrogens is 5. The zero-order chi connectivity index (χ0) is 19.1. The van der Waals surface area contributed by atoms with Gasteiger partial charge in [-0.3, -0.25) is 4.40 Å². The number of hydrogen-bond acceptors (Lipinski definition) is 5. The van der Waals surface area contributed by atoms with Crippen molar-refractivity contribution >= 4 is 55.7 Å². The van der Waals surface area contributed by atoms with E-state index >= 15 is 0 Å². The minimum Gasteiger partial charge on any atom is -0.320 e. The Morgan fingerprint density at radius 3 is 2.81 bits per heavy atom. The highest BCUT2D eigenvalue weighted by atomic mass is 79.9. The molecule has 6 nitrogen and oxygen atoms in total. The van der Waals surface area contributed by atoms with Gasteiger partial charge in [-0.25, -0.2) is 18.2 Å². The number of pyridine rings is 1. The number of halogens is 5. The summed E-state index contributed by atoms with van der Waals surface area (Å²) >= 11 is 9.45. The molecular formula is C16H9BrClF3N6. The van der Waals surface area contributed by atoms with E-state index in [0.29, 0.717) is 15.8 Å². The molecule has 0 fully saturated rings. The number of alkyl halides is 2.